The molecule has 0 saturated carbocycles. The number of likely N-dealkylation sites (tertiary alicyclic amines) is 1. The maximum absolute atomic E-state index is 13.7. The highest BCUT2D eigenvalue weighted by Crippen LogP contribution is 2.20. The Bertz CT molecular complexity index is 722. The molecule has 0 radical (unpaired) electrons. The lowest BCUT2D eigenvalue weighted by atomic mass is 10.1. The third kappa shape index (κ3) is 4.51. The highest BCUT2D eigenvalue weighted by Gasteiger charge is 2.21. The SMILES string of the molecule is CCN1CCC(CNC(=O)Nc2ccc(-c3ccccc3F)nn2)C1. The van der Waals surface area contributed by atoms with Gasteiger partial charge in [-0.15, -0.1) is 10.2 Å². The van der Waals surface area contributed by atoms with Gasteiger partial charge in [0, 0.05) is 18.7 Å². The van der Waals surface area contributed by atoms with Gasteiger partial charge in [-0.1, -0.05) is 19.1 Å². The lowest BCUT2D eigenvalue weighted by Crippen LogP contribution is -2.34. The number of rotatable bonds is 5. The van der Waals surface area contributed by atoms with Crippen LogP contribution in [0.1, 0.15) is 13.3 Å². The van der Waals surface area contributed by atoms with E-state index in [1.54, 1.807) is 30.3 Å². The smallest absolute Gasteiger partial charge is 0.320 e. The minimum Gasteiger partial charge on any atom is -0.338 e. The first-order valence-corrected chi connectivity index (χ1v) is 8.51. The van der Waals surface area contributed by atoms with Crippen molar-refractivity contribution in [3.05, 3.63) is 42.2 Å². The monoisotopic (exact) mass is 343 g/mol. The van der Waals surface area contributed by atoms with Gasteiger partial charge in [0.2, 0.25) is 0 Å². The van der Waals surface area contributed by atoms with E-state index in [0.29, 0.717) is 29.5 Å². The van der Waals surface area contributed by atoms with E-state index in [1.807, 2.05) is 0 Å². The predicted molar refractivity (Wildman–Crippen MR) is 94.7 cm³/mol. The zero-order valence-corrected chi connectivity index (χ0v) is 14.2. The largest absolute Gasteiger partial charge is 0.338 e. The molecule has 1 aromatic heterocycles. The van der Waals surface area contributed by atoms with Crippen LogP contribution in [0, 0.1) is 11.7 Å². The molecule has 1 aromatic carbocycles. The van der Waals surface area contributed by atoms with Crippen molar-refractivity contribution in [2.45, 2.75) is 13.3 Å². The van der Waals surface area contributed by atoms with Crippen molar-refractivity contribution in [1.82, 2.24) is 20.4 Å². The van der Waals surface area contributed by atoms with Crippen LogP contribution < -0.4 is 10.6 Å². The number of carbonyl (C=O) groups is 1. The van der Waals surface area contributed by atoms with Gasteiger partial charge in [-0.25, -0.2) is 9.18 Å². The van der Waals surface area contributed by atoms with Crippen molar-refractivity contribution in [3.8, 4) is 11.3 Å². The van der Waals surface area contributed by atoms with Gasteiger partial charge < -0.3 is 10.2 Å². The van der Waals surface area contributed by atoms with Gasteiger partial charge in [-0.3, -0.25) is 5.32 Å². The number of amides is 2. The Kier molecular flexibility index (Phi) is 5.55. The fourth-order valence-corrected chi connectivity index (χ4v) is 2.98. The van der Waals surface area contributed by atoms with E-state index in [2.05, 4.69) is 32.7 Å². The number of benzene rings is 1. The third-order valence-corrected chi connectivity index (χ3v) is 4.42. The minimum absolute atomic E-state index is 0.303. The average Bonchev–Trinajstić information content (AvgIpc) is 3.09. The Morgan fingerprint density at radius 3 is 2.80 bits per heavy atom. The molecule has 1 unspecified atom stereocenters. The van der Waals surface area contributed by atoms with E-state index in [1.165, 1.54) is 6.07 Å². The fourth-order valence-electron chi connectivity index (χ4n) is 2.98. The number of hydrogen-bond acceptors (Lipinski definition) is 4. The summed E-state index contributed by atoms with van der Waals surface area (Å²) in [4.78, 5) is 14.3. The molecular formula is C18H22FN5O. The normalized spacial score (nSPS) is 17.4. The van der Waals surface area contributed by atoms with Crippen LogP contribution in [0.25, 0.3) is 11.3 Å². The summed E-state index contributed by atoms with van der Waals surface area (Å²) in [5, 5.41) is 13.4. The summed E-state index contributed by atoms with van der Waals surface area (Å²) in [5.74, 6) is 0.465. The maximum atomic E-state index is 13.7. The second-order valence-corrected chi connectivity index (χ2v) is 6.17. The van der Waals surface area contributed by atoms with Crippen LogP contribution in [0.3, 0.4) is 0 Å². The molecule has 1 fully saturated rings. The molecule has 0 spiro atoms. The van der Waals surface area contributed by atoms with E-state index in [4.69, 9.17) is 0 Å². The van der Waals surface area contributed by atoms with Crippen LogP contribution in [-0.4, -0.2) is 47.3 Å². The van der Waals surface area contributed by atoms with E-state index in [9.17, 15) is 9.18 Å². The Balaban J connectivity index is 1.51. The van der Waals surface area contributed by atoms with E-state index < -0.39 is 0 Å². The number of hydrogen-bond donors (Lipinski definition) is 2. The van der Waals surface area contributed by atoms with Gasteiger partial charge in [0.15, 0.2) is 5.82 Å². The van der Waals surface area contributed by atoms with Crippen LogP contribution in [0.4, 0.5) is 15.0 Å². The molecule has 2 N–H and O–H groups in total. The first kappa shape index (κ1) is 17.3. The lowest BCUT2D eigenvalue weighted by Gasteiger charge is -2.14. The summed E-state index contributed by atoms with van der Waals surface area (Å²) in [6.45, 7) is 5.95. The number of nitrogens with one attached hydrogen (secondary N) is 2. The molecule has 132 valence electrons. The zero-order chi connectivity index (χ0) is 17.6. The number of halogens is 1. The molecule has 1 aliphatic rings. The number of aromatic nitrogens is 2. The first-order valence-electron chi connectivity index (χ1n) is 8.51. The summed E-state index contributed by atoms with van der Waals surface area (Å²) < 4.78 is 13.7. The van der Waals surface area contributed by atoms with Crippen molar-refractivity contribution in [1.29, 1.82) is 0 Å². The zero-order valence-electron chi connectivity index (χ0n) is 14.2. The molecule has 0 bridgehead atoms. The van der Waals surface area contributed by atoms with E-state index in [-0.39, 0.29) is 11.8 Å². The van der Waals surface area contributed by atoms with Crippen molar-refractivity contribution in [2.24, 2.45) is 5.92 Å². The average molecular weight is 343 g/mol. The van der Waals surface area contributed by atoms with Gasteiger partial charge in [0.1, 0.15) is 5.82 Å². The maximum Gasteiger partial charge on any atom is 0.320 e. The third-order valence-electron chi connectivity index (χ3n) is 4.42. The van der Waals surface area contributed by atoms with Crippen molar-refractivity contribution >= 4 is 11.8 Å². The highest BCUT2D eigenvalue weighted by atomic mass is 19.1. The van der Waals surface area contributed by atoms with Gasteiger partial charge in [0.05, 0.1) is 5.69 Å². The molecule has 1 saturated heterocycles. The molecule has 7 heteroatoms. The van der Waals surface area contributed by atoms with E-state index >= 15 is 0 Å². The van der Waals surface area contributed by atoms with Gasteiger partial charge in [-0.05, 0) is 49.7 Å². The summed E-state index contributed by atoms with van der Waals surface area (Å²) >= 11 is 0. The first-order chi connectivity index (χ1) is 12.2. The Labute approximate surface area is 146 Å². The van der Waals surface area contributed by atoms with Crippen molar-refractivity contribution in [2.75, 3.05) is 31.5 Å². The molecule has 25 heavy (non-hydrogen) atoms. The molecule has 1 aliphatic heterocycles. The molecule has 1 atom stereocenters. The van der Waals surface area contributed by atoms with Crippen LogP contribution in [0.5, 0.6) is 0 Å². The summed E-state index contributed by atoms with van der Waals surface area (Å²) in [5.41, 5.74) is 0.808. The predicted octanol–water partition coefficient (Wildman–Crippen LogP) is 2.75. The van der Waals surface area contributed by atoms with Gasteiger partial charge in [0.25, 0.3) is 0 Å². The summed E-state index contributed by atoms with van der Waals surface area (Å²) in [6.07, 6.45) is 1.10. The second kappa shape index (κ2) is 8.02. The molecule has 6 nitrogen and oxygen atoms in total. The molecule has 2 heterocycles. The van der Waals surface area contributed by atoms with Crippen LogP contribution in [0.2, 0.25) is 0 Å². The highest BCUT2D eigenvalue weighted by molar-refractivity contribution is 5.88. The molecular weight excluding hydrogens is 321 g/mol. The van der Waals surface area contributed by atoms with Crippen molar-refractivity contribution < 1.29 is 9.18 Å². The van der Waals surface area contributed by atoms with Gasteiger partial charge >= 0.3 is 6.03 Å². The van der Waals surface area contributed by atoms with E-state index in [0.717, 1.165) is 26.1 Å². The summed E-state index contributed by atoms with van der Waals surface area (Å²) in [6, 6.07) is 9.32. The fraction of sp³-hybridized carbons (Fsp3) is 0.389. The standard InChI is InChI=1S/C18H22FN5O/c1-2-24-10-9-13(12-24)11-20-18(25)21-17-8-7-16(22-23-17)14-5-3-4-6-15(14)19/h3-8,13H,2,9-12H2,1H3,(H2,20,21,23,25). The Hall–Kier alpha value is -2.54. The van der Waals surface area contributed by atoms with Gasteiger partial charge in [-0.2, -0.15) is 0 Å². The number of carbonyl (C=O) groups excluding carboxylic acids is 1. The molecule has 2 amide bonds. The molecule has 0 aliphatic carbocycles. The summed E-state index contributed by atoms with van der Waals surface area (Å²) in [7, 11) is 0. The number of urea groups is 1. The van der Waals surface area contributed by atoms with Crippen LogP contribution in [-0.2, 0) is 0 Å². The molecule has 3 rings (SSSR count). The molecule has 2 aromatic rings. The topological polar surface area (TPSA) is 70.2 Å². The Morgan fingerprint density at radius 2 is 2.12 bits per heavy atom. The number of nitrogens with zero attached hydrogens (tertiary/aromatic N) is 3. The quantitative estimate of drug-likeness (QED) is 0.876. The minimum atomic E-state index is -0.354. The van der Waals surface area contributed by atoms with Crippen LogP contribution in [0.15, 0.2) is 36.4 Å². The van der Waals surface area contributed by atoms with Crippen molar-refractivity contribution in [3.63, 3.8) is 0 Å². The number of anilines is 1. The lowest BCUT2D eigenvalue weighted by molar-refractivity contribution is 0.249. The van der Waals surface area contributed by atoms with Crippen LogP contribution >= 0.6 is 0 Å². The Morgan fingerprint density at radius 1 is 1.28 bits per heavy atom. The second-order valence-electron chi connectivity index (χ2n) is 6.17.